The fourth-order valence-electron chi connectivity index (χ4n) is 3.17. The molecule has 0 unspecified atom stereocenters. The predicted molar refractivity (Wildman–Crippen MR) is 130 cm³/mol. The fourth-order valence-corrected chi connectivity index (χ4v) is 5.82. The number of amides is 2. The molecule has 0 bridgehead atoms. The van der Waals surface area contributed by atoms with Crippen LogP contribution in [-0.4, -0.2) is 53.2 Å². The first kappa shape index (κ1) is 23.9. The fraction of sp³-hybridized carbons (Fsp3) is 0.524. The number of rotatable bonds is 10. The van der Waals surface area contributed by atoms with Gasteiger partial charge < -0.3 is 15.5 Å². The van der Waals surface area contributed by atoms with Crippen molar-refractivity contribution in [2.75, 3.05) is 41.4 Å². The molecule has 1 aliphatic heterocycles. The van der Waals surface area contributed by atoms with Crippen LogP contribution in [-0.2, 0) is 9.59 Å². The molecule has 0 aliphatic carbocycles. The van der Waals surface area contributed by atoms with E-state index < -0.39 is 0 Å². The van der Waals surface area contributed by atoms with Crippen LogP contribution >= 0.6 is 34.9 Å². The molecule has 7 nitrogen and oxygen atoms in total. The highest BCUT2D eigenvalue weighted by Gasteiger charge is 2.12. The van der Waals surface area contributed by atoms with Crippen LogP contribution in [0, 0.1) is 0 Å². The number of nitrogens with one attached hydrogen (secondary N) is 2. The molecule has 1 fully saturated rings. The highest BCUT2D eigenvalue weighted by Crippen LogP contribution is 2.29. The van der Waals surface area contributed by atoms with Gasteiger partial charge in [-0.25, -0.2) is 0 Å². The first-order valence-electron chi connectivity index (χ1n) is 10.6. The van der Waals surface area contributed by atoms with Gasteiger partial charge in [0.1, 0.15) is 0 Å². The maximum atomic E-state index is 12.3. The molecular weight excluding hydrogens is 450 g/mol. The quantitative estimate of drug-likeness (QED) is 0.492. The Balaban J connectivity index is 1.40. The molecule has 2 heterocycles. The third-order valence-electron chi connectivity index (χ3n) is 4.74. The monoisotopic (exact) mass is 479 g/mol. The van der Waals surface area contributed by atoms with E-state index in [0.29, 0.717) is 12.3 Å². The van der Waals surface area contributed by atoms with Crippen LogP contribution < -0.4 is 15.5 Å². The minimum Gasteiger partial charge on any atom is -0.372 e. The zero-order valence-electron chi connectivity index (χ0n) is 17.8. The van der Waals surface area contributed by atoms with E-state index in [-0.39, 0.29) is 17.6 Å². The number of benzene rings is 1. The van der Waals surface area contributed by atoms with Gasteiger partial charge in [0, 0.05) is 31.0 Å². The molecule has 2 amide bonds. The van der Waals surface area contributed by atoms with Crippen molar-refractivity contribution in [3.63, 3.8) is 0 Å². The van der Waals surface area contributed by atoms with Crippen molar-refractivity contribution in [2.45, 2.75) is 47.7 Å². The molecule has 2 aromatic rings. The normalized spacial score (nSPS) is 14.2. The van der Waals surface area contributed by atoms with Crippen molar-refractivity contribution in [1.29, 1.82) is 0 Å². The van der Waals surface area contributed by atoms with Crippen LogP contribution in [0.5, 0.6) is 0 Å². The van der Waals surface area contributed by atoms with Crippen molar-refractivity contribution in [3.05, 3.63) is 24.3 Å². The van der Waals surface area contributed by atoms with Crippen molar-refractivity contribution in [3.8, 4) is 0 Å². The minimum absolute atomic E-state index is 0.00232. The van der Waals surface area contributed by atoms with Crippen LogP contribution in [0.1, 0.15) is 39.0 Å². The van der Waals surface area contributed by atoms with E-state index in [9.17, 15) is 9.59 Å². The van der Waals surface area contributed by atoms with E-state index in [0.717, 1.165) is 33.9 Å². The first-order chi connectivity index (χ1) is 15.1. The molecule has 3 rings (SSSR count). The third kappa shape index (κ3) is 8.34. The summed E-state index contributed by atoms with van der Waals surface area (Å²) in [6, 6.07) is 8.09. The lowest BCUT2D eigenvalue weighted by molar-refractivity contribution is -0.118. The molecule has 1 aliphatic rings. The summed E-state index contributed by atoms with van der Waals surface area (Å²) in [6.07, 6.45) is 6.03. The van der Waals surface area contributed by atoms with E-state index >= 15 is 0 Å². The molecular formula is C21H29N5O2S3. The number of carbonyl (C=O) groups is 2. The summed E-state index contributed by atoms with van der Waals surface area (Å²) in [6.45, 7) is 4.91. The number of nitrogens with zero attached hydrogens (tertiary/aromatic N) is 3. The Labute approximate surface area is 196 Å². The highest BCUT2D eigenvalue weighted by molar-refractivity contribution is 8.03. The second-order valence-electron chi connectivity index (χ2n) is 7.26. The number of carbonyl (C=O) groups excluding carboxylic acids is 2. The molecule has 0 radical (unpaired) electrons. The Morgan fingerprint density at radius 3 is 2.19 bits per heavy atom. The van der Waals surface area contributed by atoms with Crippen LogP contribution in [0.3, 0.4) is 0 Å². The second kappa shape index (κ2) is 12.9. The van der Waals surface area contributed by atoms with Crippen LogP contribution in [0.2, 0.25) is 0 Å². The van der Waals surface area contributed by atoms with Crippen molar-refractivity contribution in [2.24, 2.45) is 0 Å². The van der Waals surface area contributed by atoms with Gasteiger partial charge in [-0.15, -0.1) is 10.2 Å². The average Bonchev–Trinajstić information content (AvgIpc) is 3.06. The zero-order chi connectivity index (χ0) is 21.9. The van der Waals surface area contributed by atoms with Crippen LogP contribution in [0.25, 0.3) is 0 Å². The molecule has 2 N–H and O–H groups in total. The summed E-state index contributed by atoms with van der Waals surface area (Å²) < 4.78 is 1.46. The number of hydrogen-bond donors (Lipinski definition) is 2. The summed E-state index contributed by atoms with van der Waals surface area (Å²) in [5.41, 5.74) is 2.02. The third-order valence-corrected chi connectivity index (χ3v) is 7.93. The Hall–Kier alpha value is -1.78. The van der Waals surface area contributed by atoms with Crippen LogP contribution in [0.4, 0.5) is 11.4 Å². The summed E-state index contributed by atoms with van der Waals surface area (Å²) in [5.74, 6) is 0.519. The lowest BCUT2D eigenvalue weighted by Gasteiger charge is -2.22. The Bertz CT molecular complexity index is 836. The lowest BCUT2D eigenvalue weighted by Crippen LogP contribution is -2.25. The van der Waals surface area contributed by atoms with Crippen molar-refractivity contribution in [1.82, 2.24) is 15.5 Å². The number of hydrogen-bond acceptors (Lipinski definition) is 8. The van der Waals surface area contributed by atoms with E-state index in [2.05, 4.69) is 37.9 Å². The largest absolute Gasteiger partial charge is 0.372 e. The van der Waals surface area contributed by atoms with E-state index in [1.165, 1.54) is 66.2 Å². The van der Waals surface area contributed by atoms with Crippen molar-refractivity contribution >= 4 is 58.0 Å². The van der Waals surface area contributed by atoms with Crippen LogP contribution in [0.15, 0.2) is 32.9 Å². The van der Waals surface area contributed by atoms with Gasteiger partial charge in [-0.1, -0.05) is 54.6 Å². The van der Waals surface area contributed by atoms with Gasteiger partial charge in [0.05, 0.1) is 11.5 Å². The van der Waals surface area contributed by atoms with Gasteiger partial charge in [0.15, 0.2) is 8.68 Å². The molecule has 1 aromatic heterocycles. The van der Waals surface area contributed by atoms with Gasteiger partial charge >= 0.3 is 0 Å². The molecule has 1 aromatic carbocycles. The first-order valence-corrected chi connectivity index (χ1v) is 13.4. The number of thioether (sulfide) groups is 2. The van der Waals surface area contributed by atoms with E-state index in [4.69, 9.17) is 0 Å². The highest BCUT2D eigenvalue weighted by atomic mass is 32.2. The molecule has 10 heteroatoms. The number of anilines is 2. The Kier molecular flexibility index (Phi) is 9.95. The molecule has 31 heavy (non-hydrogen) atoms. The van der Waals surface area contributed by atoms with Gasteiger partial charge in [0.25, 0.3) is 0 Å². The summed E-state index contributed by atoms with van der Waals surface area (Å²) in [5, 5.41) is 14.0. The van der Waals surface area contributed by atoms with Gasteiger partial charge in [-0.2, -0.15) is 0 Å². The zero-order valence-corrected chi connectivity index (χ0v) is 20.2. The van der Waals surface area contributed by atoms with E-state index in [1.54, 1.807) is 0 Å². The van der Waals surface area contributed by atoms with Gasteiger partial charge in [-0.05, 0) is 43.5 Å². The summed E-state index contributed by atoms with van der Waals surface area (Å²) >= 11 is 4.13. The minimum atomic E-state index is -0.0733. The maximum Gasteiger partial charge on any atom is 0.234 e. The molecule has 0 saturated carbocycles. The SMILES string of the molecule is CCCNC(=O)CSc1nnc(SCC(=O)Nc2ccc(N3CCCCCC3)cc2)s1. The lowest BCUT2D eigenvalue weighted by atomic mass is 10.2. The van der Waals surface area contributed by atoms with Gasteiger partial charge in [-0.3, -0.25) is 9.59 Å². The average molecular weight is 480 g/mol. The molecule has 1 saturated heterocycles. The molecule has 0 spiro atoms. The topological polar surface area (TPSA) is 87.2 Å². The van der Waals surface area contributed by atoms with E-state index in [1.807, 2.05) is 19.1 Å². The Morgan fingerprint density at radius 1 is 0.968 bits per heavy atom. The summed E-state index contributed by atoms with van der Waals surface area (Å²) in [4.78, 5) is 26.4. The second-order valence-corrected chi connectivity index (χ2v) is 10.7. The molecule has 168 valence electrons. The standard InChI is InChI=1S/C21H29N5O2S3/c1-2-11-22-18(27)14-29-20-24-25-21(31-20)30-15-19(28)23-16-7-9-17(10-8-16)26-12-5-3-4-6-13-26/h7-10H,2-6,11-15H2,1H3,(H,22,27)(H,23,28). The number of aromatic nitrogens is 2. The maximum absolute atomic E-state index is 12.3. The summed E-state index contributed by atoms with van der Waals surface area (Å²) in [7, 11) is 0. The molecule has 0 atom stereocenters. The van der Waals surface area contributed by atoms with Gasteiger partial charge in [0.2, 0.25) is 11.8 Å². The predicted octanol–water partition coefficient (Wildman–Crippen LogP) is 4.27. The Morgan fingerprint density at radius 2 is 1.58 bits per heavy atom. The smallest absolute Gasteiger partial charge is 0.234 e. The van der Waals surface area contributed by atoms with Crippen molar-refractivity contribution < 1.29 is 9.59 Å².